The molecule has 25 heavy (non-hydrogen) atoms. The molecule has 1 aliphatic heterocycles. The van der Waals surface area contributed by atoms with Crippen LogP contribution in [0.3, 0.4) is 0 Å². The molecular weight excluding hydrogens is 320 g/mol. The topological polar surface area (TPSA) is 47.3 Å². The second-order valence-corrected chi connectivity index (χ2v) is 6.15. The maximum absolute atomic E-state index is 5.54. The summed E-state index contributed by atoms with van der Waals surface area (Å²) in [6.07, 6.45) is 1.73. The van der Waals surface area contributed by atoms with Crippen LogP contribution in [-0.2, 0) is 13.1 Å². The number of piperazine rings is 1. The van der Waals surface area contributed by atoms with Crippen LogP contribution in [0.4, 0.5) is 0 Å². The van der Waals surface area contributed by atoms with Crippen LogP contribution in [0.1, 0.15) is 11.3 Å². The molecule has 1 fully saturated rings. The van der Waals surface area contributed by atoms with Gasteiger partial charge in [0.05, 0.1) is 34.1 Å². The van der Waals surface area contributed by atoms with Gasteiger partial charge in [-0.1, -0.05) is 0 Å². The largest absolute Gasteiger partial charge is 0.496 e. The first-order chi connectivity index (χ1) is 12.2. The van der Waals surface area contributed by atoms with Crippen molar-refractivity contribution in [1.29, 1.82) is 0 Å². The van der Waals surface area contributed by atoms with E-state index in [9.17, 15) is 0 Å². The summed E-state index contributed by atoms with van der Waals surface area (Å²) in [7, 11) is 4.97. The standard InChI is InChI=1S/C19H26N2O4/c1-22-17-12-19(24-3)18(23-2)11-15(17)13-20-6-8-21(9-7-20)14-16-5-4-10-25-16/h4-5,10-12H,6-9,13-14H2,1-3H3. The summed E-state index contributed by atoms with van der Waals surface area (Å²) in [4.78, 5) is 4.85. The highest BCUT2D eigenvalue weighted by Gasteiger charge is 2.20. The van der Waals surface area contributed by atoms with E-state index in [1.54, 1.807) is 27.6 Å². The number of ether oxygens (including phenoxy) is 3. The fourth-order valence-electron chi connectivity index (χ4n) is 3.19. The van der Waals surface area contributed by atoms with Gasteiger partial charge in [-0.25, -0.2) is 0 Å². The van der Waals surface area contributed by atoms with Gasteiger partial charge in [0.25, 0.3) is 0 Å². The van der Waals surface area contributed by atoms with E-state index in [1.807, 2.05) is 24.3 Å². The quantitative estimate of drug-likeness (QED) is 0.768. The van der Waals surface area contributed by atoms with Crippen LogP contribution in [0.15, 0.2) is 34.9 Å². The number of benzene rings is 1. The first kappa shape index (κ1) is 17.6. The molecule has 136 valence electrons. The molecule has 0 spiro atoms. The predicted molar refractivity (Wildman–Crippen MR) is 95.4 cm³/mol. The number of hydrogen-bond donors (Lipinski definition) is 0. The van der Waals surface area contributed by atoms with Crippen LogP contribution in [-0.4, -0.2) is 57.3 Å². The van der Waals surface area contributed by atoms with Gasteiger partial charge in [-0.3, -0.25) is 9.80 Å². The highest BCUT2D eigenvalue weighted by Crippen LogP contribution is 2.35. The van der Waals surface area contributed by atoms with E-state index in [-0.39, 0.29) is 0 Å². The van der Waals surface area contributed by atoms with Gasteiger partial charge < -0.3 is 18.6 Å². The molecule has 2 heterocycles. The van der Waals surface area contributed by atoms with Crippen LogP contribution >= 0.6 is 0 Å². The lowest BCUT2D eigenvalue weighted by atomic mass is 10.1. The summed E-state index contributed by atoms with van der Waals surface area (Å²) in [5, 5.41) is 0. The SMILES string of the molecule is COc1cc(OC)c(OC)cc1CN1CCN(Cc2ccco2)CC1. The number of rotatable bonds is 7. The third kappa shape index (κ3) is 4.27. The van der Waals surface area contributed by atoms with Gasteiger partial charge >= 0.3 is 0 Å². The molecule has 2 aromatic rings. The molecule has 1 aliphatic rings. The number of furan rings is 1. The minimum atomic E-state index is 0.686. The monoisotopic (exact) mass is 346 g/mol. The maximum atomic E-state index is 5.54. The molecule has 0 N–H and O–H groups in total. The summed E-state index contributed by atoms with van der Waals surface area (Å²) in [6, 6.07) is 7.87. The van der Waals surface area contributed by atoms with Gasteiger partial charge in [0.2, 0.25) is 0 Å². The van der Waals surface area contributed by atoms with Crippen LogP contribution in [0.25, 0.3) is 0 Å². The van der Waals surface area contributed by atoms with E-state index in [0.717, 1.165) is 62.1 Å². The molecule has 0 unspecified atom stereocenters. The molecule has 0 atom stereocenters. The molecule has 1 aromatic heterocycles. The van der Waals surface area contributed by atoms with Gasteiger partial charge in [0.15, 0.2) is 11.5 Å². The first-order valence-corrected chi connectivity index (χ1v) is 8.49. The Hall–Kier alpha value is -2.18. The summed E-state index contributed by atoms with van der Waals surface area (Å²) in [6.45, 7) is 5.78. The summed E-state index contributed by atoms with van der Waals surface area (Å²) in [5.74, 6) is 3.27. The Bertz CT molecular complexity index is 664. The molecule has 0 bridgehead atoms. The minimum Gasteiger partial charge on any atom is -0.496 e. The molecule has 1 aromatic carbocycles. The van der Waals surface area contributed by atoms with Crippen molar-refractivity contribution in [2.24, 2.45) is 0 Å². The van der Waals surface area contributed by atoms with E-state index in [1.165, 1.54) is 0 Å². The van der Waals surface area contributed by atoms with Crippen molar-refractivity contribution in [2.75, 3.05) is 47.5 Å². The van der Waals surface area contributed by atoms with Crippen molar-refractivity contribution in [2.45, 2.75) is 13.1 Å². The zero-order chi connectivity index (χ0) is 17.6. The Balaban J connectivity index is 1.61. The average Bonchev–Trinajstić information content (AvgIpc) is 3.16. The second kappa shape index (κ2) is 8.27. The van der Waals surface area contributed by atoms with E-state index in [2.05, 4.69) is 9.80 Å². The number of methoxy groups -OCH3 is 3. The Kier molecular flexibility index (Phi) is 5.83. The summed E-state index contributed by atoms with van der Waals surface area (Å²) in [5.41, 5.74) is 1.11. The smallest absolute Gasteiger partial charge is 0.164 e. The van der Waals surface area contributed by atoms with Gasteiger partial charge in [0.1, 0.15) is 11.5 Å². The highest BCUT2D eigenvalue weighted by molar-refractivity contribution is 5.50. The molecule has 0 radical (unpaired) electrons. The lowest BCUT2D eigenvalue weighted by Crippen LogP contribution is -2.45. The lowest BCUT2D eigenvalue weighted by Gasteiger charge is -2.34. The van der Waals surface area contributed by atoms with E-state index >= 15 is 0 Å². The van der Waals surface area contributed by atoms with E-state index < -0.39 is 0 Å². The van der Waals surface area contributed by atoms with Crippen molar-refractivity contribution < 1.29 is 18.6 Å². The zero-order valence-electron chi connectivity index (χ0n) is 15.2. The fraction of sp³-hybridized carbons (Fsp3) is 0.474. The molecule has 1 saturated heterocycles. The first-order valence-electron chi connectivity index (χ1n) is 8.49. The van der Waals surface area contributed by atoms with E-state index in [4.69, 9.17) is 18.6 Å². The number of nitrogens with zero attached hydrogens (tertiary/aromatic N) is 2. The van der Waals surface area contributed by atoms with Gasteiger partial charge in [-0.2, -0.15) is 0 Å². The third-order valence-electron chi connectivity index (χ3n) is 4.61. The average molecular weight is 346 g/mol. The minimum absolute atomic E-state index is 0.686. The molecule has 0 saturated carbocycles. The Labute approximate surface area is 148 Å². The lowest BCUT2D eigenvalue weighted by molar-refractivity contribution is 0.115. The Morgan fingerprint density at radius 3 is 2.00 bits per heavy atom. The Morgan fingerprint density at radius 2 is 1.44 bits per heavy atom. The van der Waals surface area contributed by atoms with E-state index in [0.29, 0.717) is 5.75 Å². The van der Waals surface area contributed by atoms with Gasteiger partial charge in [-0.05, 0) is 18.2 Å². The zero-order valence-corrected chi connectivity index (χ0v) is 15.2. The van der Waals surface area contributed by atoms with Gasteiger partial charge in [0, 0.05) is 44.4 Å². The second-order valence-electron chi connectivity index (χ2n) is 6.15. The van der Waals surface area contributed by atoms with Gasteiger partial charge in [-0.15, -0.1) is 0 Å². The summed E-state index contributed by atoms with van der Waals surface area (Å²) >= 11 is 0. The molecular formula is C19H26N2O4. The summed E-state index contributed by atoms with van der Waals surface area (Å²) < 4.78 is 21.8. The van der Waals surface area contributed by atoms with Crippen molar-refractivity contribution in [1.82, 2.24) is 9.80 Å². The molecule has 6 heteroatoms. The van der Waals surface area contributed by atoms with Crippen LogP contribution in [0, 0.1) is 0 Å². The van der Waals surface area contributed by atoms with Crippen LogP contribution < -0.4 is 14.2 Å². The Morgan fingerprint density at radius 1 is 0.840 bits per heavy atom. The molecule has 0 amide bonds. The normalized spacial score (nSPS) is 16.0. The van der Waals surface area contributed by atoms with Crippen molar-refractivity contribution in [3.63, 3.8) is 0 Å². The number of hydrogen-bond acceptors (Lipinski definition) is 6. The predicted octanol–water partition coefficient (Wildman–Crippen LogP) is 2.62. The molecule has 6 nitrogen and oxygen atoms in total. The molecule has 0 aliphatic carbocycles. The maximum Gasteiger partial charge on any atom is 0.164 e. The molecule has 3 rings (SSSR count). The van der Waals surface area contributed by atoms with Crippen molar-refractivity contribution in [3.05, 3.63) is 41.9 Å². The third-order valence-corrected chi connectivity index (χ3v) is 4.61. The van der Waals surface area contributed by atoms with Crippen LogP contribution in [0.2, 0.25) is 0 Å². The van der Waals surface area contributed by atoms with Crippen LogP contribution in [0.5, 0.6) is 17.2 Å². The highest BCUT2D eigenvalue weighted by atomic mass is 16.5. The van der Waals surface area contributed by atoms with Crippen molar-refractivity contribution in [3.8, 4) is 17.2 Å². The fourth-order valence-corrected chi connectivity index (χ4v) is 3.19. The van der Waals surface area contributed by atoms with Crippen molar-refractivity contribution >= 4 is 0 Å².